The molecule has 0 radical (unpaired) electrons. The SMILES string of the molecule is O=C(O)c1ccccc1.[SiH4]. The molecule has 0 saturated carbocycles. The third-order valence-electron chi connectivity index (χ3n) is 1.02. The van der Waals surface area contributed by atoms with Crippen LogP contribution in [0.1, 0.15) is 10.4 Å². The minimum Gasteiger partial charge on any atom is -0.478 e. The Hall–Kier alpha value is -1.09. The molecule has 0 heterocycles. The number of carboxylic acid groups (broad SMARTS) is 1. The van der Waals surface area contributed by atoms with Gasteiger partial charge >= 0.3 is 5.97 Å². The second-order valence-corrected chi connectivity index (χ2v) is 1.67. The Bertz CT molecular complexity index is 208. The molecule has 0 fully saturated rings. The van der Waals surface area contributed by atoms with Gasteiger partial charge in [-0.2, -0.15) is 0 Å². The molecule has 1 rings (SSSR count). The standard InChI is InChI=1S/C7H6O2.H4Si/c8-7(9)6-4-2-1-3-5-6;/h1-5H,(H,8,9);1H4. The van der Waals surface area contributed by atoms with Crippen molar-refractivity contribution in [2.24, 2.45) is 0 Å². The fraction of sp³-hybridized carbons (Fsp3) is 0. The van der Waals surface area contributed by atoms with Crippen LogP contribution in [-0.4, -0.2) is 22.0 Å². The van der Waals surface area contributed by atoms with Crippen molar-refractivity contribution in [1.82, 2.24) is 0 Å². The molecule has 1 aromatic carbocycles. The number of carbonyl (C=O) groups is 1. The Kier molecular flexibility index (Phi) is 3.42. The van der Waals surface area contributed by atoms with Crippen LogP contribution in [-0.2, 0) is 0 Å². The van der Waals surface area contributed by atoms with Crippen LogP contribution in [0.4, 0.5) is 0 Å². The lowest BCUT2D eigenvalue weighted by Crippen LogP contribution is -1.93. The molecule has 0 saturated heterocycles. The number of aromatic carboxylic acids is 1. The molecule has 0 amide bonds. The minimum atomic E-state index is -0.879. The van der Waals surface area contributed by atoms with Gasteiger partial charge in [-0.05, 0) is 23.1 Å². The monoisotopic (exact) mass is 154 g/mol. The van der Waals surface area contributed by atoms with Gasteiger partial charge in [-0.25, -0.2) is 4.79 Å². The van der Waals surface area contributed by atoms with Crippen molar-refractivity contribution in [3.63, 3.8) is 0 Å². The molecule has 54 valence electrons. The summed E-state index contributed by atoms with van der Waals surface area (Å²) in [5.74, 6) is -0.879. The van der Waals surface area contributed by atoms with Gasteiger partial charge in [-0.1, -0.05) is 18.2 Å². The molecule has 10 heavy (non-hydrogen) atoms. The van der Waals surface area contributed by atoms with E-state index < -0.39 is 5.97 Å². The topological polar surface area (TPSA) is 37.3 Å². The van der Waals surface area contributed by atoms with Crippen molar-refractivity contribution in [1.29, 1.82) is 0 Å². The maximum atomic E-state index is 10.2. The van der Waals surface area contributed by atoms with Gasteiger partial charge in [0.15, 0.2) is 0 Å². The number of hydrogen-bond acceptors (Lipinski definition) is 1. The summed E-state index contributed by atoms with van der Waals surface area (Å²) in [4.78, 5) is 10.2. The lowest BCUT2D eigenvalue weighted by atomic mass is 10.2. The van der Waals surface area contributed by atoms with Crippen LogP contribution in [0.15, 0.2) is 30.3 Å². The highest BCUT2D eigenvalue weighted by Gasteiger charge is 1.96. The van der Waals surface area contributed by atoms with Crippen LogP contribution in [0.25, 0.3) is 0 Å². The van der Waals surface area contributed by atoms with Crippen LogP contribution in [0.5, 0.6) is 0 Å². The zero-order chi connectivity index (χ0) is 6.69. The summed E-state index contributed by atoms with van der Waals surface area (Å²) in [6.45, 7) is 0. The Balaban J connectivity index is 0.000000810. The Labute approximate surface area is 63.5 Å². The number of hydrogen-bond donors (Lipinski definition) is 1. The average Bonchev–Trinajstić information content (AvgIpc) is 1.90. The summed E-state index contributed by atoms with van der Waals surface area (Å²) >= 11 is 0. The van der Waals surface area contributed by atoms with Gasteiger partial charge in [0.2, 0.25) is 0 Å². The molecule has 0 aliphatic carbocycles. The summed E-state index contributed by atoms with van der Waals surface area (Å²) in [6.07, 6.45) is 0. The lowest BCUT2D eigenvalue weighted by Gasteiger charge is -1.88. The fourth-order valence-corrected chi connectivity index (χ4v) is 0.581. The predicted octanol–water partition coefficient (Wildman–Crippen LogP) is -0.0668. The van der Waals surface area contributed by atoms with Gasteiger partial charge in [0.05, 0.1) is 5.56 Å². The first kappa shape index (κ1) is 8.91. The highest BCUT2D eigenvalue weighted by Crippen LogP contribution is 1.96. The third kappa shape index (κ3) is 2.03. The molecule has 1 aromatic rings. The summed E-state index contributed by atoms with van der Waals surface area (Å²) in [6, 6.07) is 8.30. The van der Waals surface area contributed by atoms with Gasteiger partial charge in [0.25, 0.3) is 0 Å². The molecular weight excluding hydrogens is 144 g/mol. The average molecular weight is 154 g/mol. The molecule has 0 bridgehead atoms. The van der Waals surface area contributed by atoms with Crippen molar-refractivity contribution < 1.29 is 9.90 Å². The van der Waals surface area contributed by atoms with Gasteiger partial charge in [-0.3, -0.25) is 0 Å². The normalized spacial score (nSPS) is 8.00. The largest absolute Gasteiger partial charge is 0.478 e. The number of rotatable bonds is 1. The van der Waals surface area contributed by atoms with Crippen LogP contribution in [0.3, 0.4) is 0 Å². The van der Waals surface area contributed by atoms with E-state index in [0.29, 0.717) is 5.56 Å². The van der Waals surface area contributed by atoms with Crippen molar-refractivity contribution in [2.45, 2.75) is 0 Å². The van der Waals surface area contributed by atoms with E-state index in [-0.39, 0.29) is 11.0 Å². The molecule has 0 aliphatic rings. The summed E-state index contributed by atoms with van der Waals surface area (Å²) in [5.41, 5.74) is 0.331. The van der Waals surface area contributed by atoms with Crippen LogP contribution < -0.4 is 0 Å². The zero-order valence-electron chi connectivity index (χ0n) is 4.74. The second-order valence-electron chi connectivity index (χ2n) is 1.67. The Morgan fingerprint density at radius 3 is 2.00 bits per heavy atom. The molecular formula is C7H10O2Si. The summed E-state index contributed by atoms with van der Waals surface area (Å²) < 4.78 is 0. The van der Waals surface area contributed by atoms with Crippen LogP contribution >= 0.6 is 0 Å². The molecule has 0 spiro atoms. The molecule has 3 heteroatoms. The van der Waals surface area contributed by atoms with E-state index in [0.717, 1.165) is 0 Å². The van der Waals surface area contributed by atoms with E-state index in [1.807, 2.05) is 0 Å². The molecule has 2 nitrogen and oxygen atoms in total. The van der Waals surface area contributed by atoms with Crippen LogP contribution in [0.2, 0.25) is 0 Å². The summed E-state index contributed by atoms with van der Waals surface area (Å²) in [7, 11) is 0. The Morgan fingerprint density at radius 1 is 1.20 bits per heavy atom. The fourth-order valence-electron chi connectivity index (χ4n) is 0.581. The smallest absolute Gasteiger partial charge is 0.335 e. The van der Waals surface area contributed by atoms with Crippen molar-refractivity contribution in [3.8, 4) is 0 Å². The van der Waals surface area contributed by atoms with E-state index in [1.54, 1.807) is 30.3 Å². The molecule has 0 aliphatic heterocycles. The molecule has 0 unspecified atom stereocenters. The predicted molar refractivity (Wildman–Crippen MR) is 44.7 cm³/mol. The maximum Gasteiger partial charge on any atom is 0.335 e. The quantitative estimate of drug-likeness (QED) is 0.575. The van der Waals surface area contributed by atoms with E-state index >= 15 is 0 Å². The van der Waals surface area contributed by atoms with Crippen LogP contribution in [0, 0.1) is 0 Å². The molecule has 1 N–H and O–H groups in total. The van der Waals surface area contributed by atoms with E-state index in [4.69, 9.17) is 5.11 Å². The highest BCUT2D eigenvalue weighted by molar-refractivity contribution is 5.87. The third-order valence-corrected chi connectivity index (χ3v) is 1.02. The van der Waals surface area contributed by atoms with E-state index in [9.17, 15) is 4.79 Å². The molecule has 0 aromatic heterocycles. The first-order valence-corrected chi connectivity index (χ1v) is 2.59. The van der Waals surface area contributed by atoms with E-state index in [2.05, 4.69) is 0 Å². The first-order valence-electron chi connectivity index (χ1n) is 2.59. The van der Waals surface area contributed by atoms with Gasteiger partial charge < -0.3 is 5.11 Å². The Morgan fingerprint density at radius 2 is 1.70 bits per heavy atom. The number of carboxylic acids is 1. The number of benzene rings is 1. The maximum absolute atomic E-state index is 10.2. The lowest BCUT2D eigenvalue weighted by molar-refractivity contribution is 0.0697. The first-order chi connectivity index (χ1) is 4.30. The van der Waals surface area contributed by atoms with Crippen molar-refractivity contribution in [3.05, 3.63) is 35.9 Å². The summed E-state index contributed by atoms with van der Waals surface area (Å²) in [5, 5.41) is 8.38. The highest BCUT2D eigenvalue weighted by atomic mass is 28.1. The van der Waals surface area contributed by atoms with Crippen molar-refractivity contribution >= 4 is 16.9 Å². The molecule has 0 atom stereocenters. The minimum absolute atomic E-state index is 0. The van der Waals surface area contributed by atoms with Gasteiger partial charge in [0.1, 0.15) is 0 Å². The van der Waals surface area contributed by atoms with Crippen molar-refractivity contribution in [2.75, 3.05) is 0 Å². The zero-order valence-corrected chi connectivity index (χ0v) is 4.74. The van der Waals surface area contributed by atoms with E-state index in [1.165, 1.54) is 0 Å². The van der Waals surface area contributed by atoms with Gasteiger partial charge in [-0.15, -0.1) is 0 Å². The second kappa shape index (κ2) is 3.84. The van der Waals surface area contributed by atoms with Gasteiger partial charge in [0, 0.05) is 0 Å².